The molecule has 0 aliphatic carbocycles. The molecule has 0 saturated carbocycles. The second kappa shape index (κ2) is 11.4. The minimum Gasteiger partial charge on any atom is -0.378 e. The third kappa shape index (κ3) is 5.68. The van der Waals surface area contributed by atoms with E-state index in [0.29, 0.717) is 0 Å². The van der Waals surface area contributed by atoms with Gasteiger partial charge in [0.15, 0.2) is 0 Å². The molecule has 0 spiro atoms. The average molecular weight is 469 g/mol. The standard InChI is InChI=1S/C28H30N4O.C2H6/c1-19-8-9-29-26(21(3)14-19)16-23-15-22(5-4-20(23)2)28-25-7-6-24(17-27(25)30-18-31-28)32-10-12-33-13-11-32;1-2/h4-9,15,17-18H,10-14,16H2,1-3H3;1-2H3. The van der Waals surface area contributed by atoms with Gasteiger partial charge < -0.3 is 9.64 Å². The highest BCUT2D eigenvalue weighted by molar-refractivity contribution is 5.94. The number of hydrogen-bond donors (Lipinski definition) is 0. The molecule has 1 saturated heterocycles. The summed E-state index contributed by atoms with van der Waals surface area (Å²) in [6.07, 6.45) is 7.53. The first-order chi connectivity index (χ1) is 17.1. The zero-order valence-corrected chi connectivity index (χ0v) is 21.6. The van der Waals surface area contributed by atoms with Crippen molar-refractivity contribution in [2.24, 2.45) is 4.99 Å². The van der Waals surface area contributed by atoms with Gasteiger partial charge in [-0.1, -0.05) is 31.6 Å². The fraction of sp³-hybridized carbons (Fsp3) is 0.367. The minimum absolute atomic E-state index is 0.773. The van der Waals surface area contributed by atoms with Crippen LogP contribution < -0.4 is 4.90 Å². The van der Waals surface area contributed by atoms with Gasteiger partial charge in [0.2, 0.25) is 0 Å². The van der Waals surface area contributed by atoms with E-state index in [0.717, 1.165) is 67.0 Å². The molecule has 35 heavy (non-hydrogen) atoms. The van der Waals surface area contributed by atoms with Crippen molar-refractivity contribution in [3.8, 4) is 11.3 Å². The lowest BCUT2D eigenvalue weighted by molar-refractivity contribution is 0.122. The van der Waals surface area contributed by atoms with Crippen LogP contribution in [0.15, 0.2) is 70.6 Å². The summed E-state index contributed by atoms with van der Waals surface area (Å²) < 4.78 is 5.50. The number of benzene rings is 2. The number of aliphatic imine (C=N–C) groups is 1. The van der Waals surface area contributed by atoms with Gasteiger partial charge in [0.25, 0.3) is 0 Å². The van der Waals surface area contributed by atoms with E-state index in [9.17, 15) is 0 Å². The summed E-state index contributed by atoms with van der Waals surface area (Å²) in [4.78, 5) is 16.4. The number of nitrogens with zero attached hydrogens (tertiary/aromatic N) is 4. The molecule has 2 aliphatic rings. The number of anilines is 1. The number of morpholine rings is 1. The zero-order chi connectivity index (χ0) is 24.8. The highest BCUT2D eigenvalue weighted by Crippen LogP contribution is 2.31. The van der Waals surface area contributed by atoms with E-state index in [4.69, 9.17) is 9.73 Å². The summed E-state index contributed by atoms with van der Waals surface area (Å²) >= 11 is 0. The molecule has 0 radical (unpaired) electrons. The van der Waals surface area contributed by atoms with Gasteiger partial charge in [-0.05, 0) is 74.2 Å². The Hall–Kier alpha value is -3.31. The summed E-state index contributed by atoms with van der Waals surface area (Å²) in [5.74, 6) is 0. The number of hydrogen-bond acceptors (Lipinski definition) is 5. The molecule has 3 aromatic rings. The number of rotatable bonds is 4. The predicted molar refractivity (Wildman–Crippen MR) is 147 cm³/mol. The number of ether oxygens (including phenoxy) is 1. The van der Waals surface area contributed by atoms with Crippen molar-refractivity contribution < 1.29 is 4.74 Å². The first kappa shape index (κ1) is 24.8. The first-order valence-corrected chi connectivity index (χ1v) is 12.6. The van der Waals surface area contributed by atoms with Crippen molar-refractivity contribution in [3.05, 3.63) is 76.8 Å². The van der Waals surface area contributed by atoms with E-state index < -0.39 is 0 Å². The SMILES string of the molecule is CC.CC1=CC=NC(Cc2cc(-c3ncnc4cc(N5CCOCC5)ccc34)ccc2C)=C(C)C1. The molecular weight excluding hydrogens is 432 g/mol. The van der Waals surface area contributed by atoms with E-state index in [1.54, 1.807) is 6.33 Å². The summed E-state index contributed by atoms with van der Waals surface area (Å²) in [6, 6.07) is 13.1. The molecular formula is C30H36N4O. The summed E-state index contributed by atoms with van der Waals surface area (Å²) in [7, 11) is 0. The monoisotopic (exact) mass is 468 g/mol. The van der Waals surface area contributed by atoms with Gasteiger partial charge in [-0.2, -0.15) is 0 Å². The van der Waals surface area contributed by atoms with Crippen LogP contribution in [-0.4, -0.2) is 42.5 Å². The van der Waals surface area contributed by atoms with Gasteiger partial charge in [-0.25, -0.2) is 9.97 Å². The van der Waals surface area contributed by atoms with Crippen molar-refractivity contribution in [1.29, 1.82) is 0 Å². The molecule has 182 valence electrons. The van der Waals surface area contributed by atoms with Crippen LogP contribution in [0.5, 0.6) is 0 Å². The molecule has 3 heterocycles. The molecule has 0 atom stereocenters. The van der Waals surface area contributed by atoms with Gasteiger partial charge >= 0.3 is 0 Å². The topological polar surface area (TPSA) is 50.6 Å². The van der Waals surface area contributed by atoms with Crippen LogP contribution in [0, 0.1) is 6.92 Å². The molecule has 0 amide bonds. The summed E-state index contributed by atoms with van der Waals surface area (Å²) in [6.45, 7) is 13.9. The van der Waals surface area contributed by atoms with Crippen LogP contribution in [0.3, 0.4) is 0 Å². The molecule has 0 unspecified atom stereocenters. The number of aryl methyl sites for hydroxylation is 1. The number of aromatic nitrogens is 2. The summed E-state index contributed by atoms with van der Waals surface area (Å²) in [5.41, 5.74) is 10.7. The van der Waals surface area contributed by atoms with E-state index in [1.807, 2.05) is 20.1 Å². The molecule has 2 aliphatic heterocycles. The average Bonchev–Trinajstić information content (AvgIpc) is 3.05. The fourth-order valence-electron chi connectivity index (χ4n) is 4.62. The molecule has 1 fully saturated rings. The Morgan fingerprint density at radius 2 is 1.74 bits per heavy atom. The highest BCUT2D eigenvalue weighted by Gasteiger charge is 2.15. The normalized spacial score (nSPS) is 16.0. The second-order valence-electron chi connectivity index (χ2n) is 9.04. The Balaban J connectivity index is 0.00000141. The zero-order valence-electron chi connectivity index (χ0n) is 21.6. The molecule has 2 aromatic carbocycles. The lowest BCUT2D eigenvalue weighted by Gasteiger charge is -2.29. The van der Waals surface area contributed by atoms with E-state index >= 15 is 0 Å². The van der Waals surface area contributed by atoms with E-state index in [1.165, 1.54) is 28.0 Å². The van der Waals surface area contributed by atoms with Crippen LogP contribution in [0.2, 0.25) is 0 Å². The van der Waals surface area contributed by atoms with E-state index in [-0.39, 0.29) is 0 Å². The Morgan fingerprint density at radius 3 is 2.54 bits per heavy atom. The van der Waals surface area contributed by atoms with Crippen molar-refractivity contribution >= 4 is 22.8 Å². The summed E-state index contributed by atoms with van der Waals surface area (Å²) in [5, 5.41) is 1.08. The van der Waals surface area contributed by atoms with Crippen LogP contribution in [-0.2, 0) is 11.2 Å². The fourth-order valence-corrected chi connectivity index (χ4v) is 4.62. The van der Waals surface area contributed by atoms with Gasteiger partial charge in [-0.15, -0.1) is 0 Å². The molecule has 5 heteroatoms. The van der Waals surface area contributed by atoms with Gasteiger partial charge in [0, 0.05) is 48.1 Å². The molecule has 5 nitrogen and oxygen atoms in total. The van der Waals surface area contributed by atoms with Gasteiger partial charge in [0.1, 0.15) is 6.33 Å². The van der Waals surface area contributed by atoms with E-state index in [2.05, 4.69) is 78.1 Å². The smallest absolute Gasteiger partial charge is 0.116 e. The molecule has 0 bridgehead atoms. The Bertz CT molecular complexity index is 1280. The van der Waals surface area contributed by atoms with Gasteiger partial charge in [-0.3, -0.25) is 4.99 Å². The quantitative estimate of drug-likeness (QED) is 0.427. The molecule has 0 N–H and O–H groups in total. The van der Waals surface area contributed by atoms with Crippen molar-refractivity contribution in [2.75, 3.05) is 31.2 Å². The van der Waals surface area contributed by atoms with Crippen LogP contribution in [0.1, 0.15) is 45.2 Å². The first-order valence-electron chi connectivity index (χ1n) is 12.6. The van der Waals surface area contributed by atoms with Crippen molar-refractivity contribution in [1.82, 2.24) is 9.97 Å². The lowest BCUT2D eigenvalue weighted by atomic mass is 9.96. The maximum atomic E-state index is 5.50. The Kier molecular flexibility index (Phi) is 8.09. The van der Waals surface area contributed by atoms with Crippen molar-refractivity contribution in [2.45, 2.75) is 47.5 Å². The number of allylic oxidation sites excluding steroid dienone is 4. The maximum Gasteiger partial charge on any atom is 0.116 e. The Morgan fingerprint density at radius 1 is 0.943 bits per heavy atom. The highest BCUT2D eigenvalue weighted by atomic mass is 16.5. The minimum atomic E-state index is 0.773. The van der Waals surface area contributed by atoms with Crippen LogP contribution >= 0.6 is 0 Å². The lowest BCUT2D eigenvalue weighted by Crippen LogP contribution is -2.36. The third-order valence-corrected chi connectivity index (χ3v) is 6.60. The largest absolute Gasteiger partial charge is 0.378 e. The molecule has 1 aromatic heterocycles. The Labute approximate surface area is 209 Å². The molecule has 5 rings (SSSR count). The van der Waals surface area contributed by atoms with Crippen LogP contribution in [0.4, 0.5) is 5.69 Å². The predicted octanol–water partition coefficient (Wildman–Crippen LogP) is 6.71. The number of fused-ring (bicyclic) bond motifs is 1. The van der Waals surface area contributed by atoms with Crippen LogP contribution in [0.25, 0.3) is 22.2 Å². The maximum absolute atomic E-state index is 5.50. The van der Waals surface area contributed by atoms with Gasteiger partial charge in [0.05, 0.1) is 24.4 Å². The van der Waals surface area contributed by atoms with Crippen molar-refractivity contribution in [3.63, 3.8) is 0 Å². The second-order valence-corrected chi connectivity index (χ2v) is 9.04. The third-order valence-electron chi connectivity index (χ3n) is 6.60.